The first-order chi connectivity index (χ1) is 16.7. The summed E-state index contributed by atoms with van der Waals surface area (Å²) < 4.78 is 50.0. The van der Waals surface area contributed by atoms with Gasteiger partial charge in [-0.25, -0.2) is 0 Å². The number of alkyl halides is 3. The van der Waals surface area contributed by atoms with Gasteiger partial charge in [-0.15, -0.1) is 0 Å². The molecule has 35 heavy (non-hydrogen) atoms. The minimum Gasteiger partial charge on any atom is -0.494 e. The van der Waals surface area contributed by atoms with E-state index in [1.807, 2.05) is 6.92 Å². The lowest BCUT2D eigenvalue weighted by Gasteiger charge is -2.21. The average Bonchev–Trinajstić information content (AvgIpc) is 3.30. The summed E-state index contributed by atoms with van der Waals surface area (Å²) in [6, 6.07) is 11.8. The molecule has 0 aliphatic carbocycles. The van der Waals surface area contributed by atoms with Crippen molar-refractivity contribution in [1.82, 2.24) is 15.0 Å². The van der Waals surface area contributed by atoms with Crippen LogP contribution in [-0.4, -0.2) is 46.6 Å². The van der Waals surface area contributed by atoms with Gasteiger partial charge in [0.2, 0.25) is 23.5 Å². The number of carbonyl (C=O) groups excluding carboxylic acids is 2. The predicted molar refractivity (Wildman–Crippen MR) is 122 cm³/mol. The van der Waals surface area contributed by atoms with Crippen LogP contribution < -0.4 is 10.1 Å². The van der Waals surface area contributed by atoms with Gasteiger partial charge < -0.3 is 19.5 Å². The standard InChI is InChI=1S/C24H25F3N4O4/c1-3-31(15-20(32)28-19-8-6-5-7-18(19)24(25,26)27)22(33)14-13-21-29-23(30-35-21)16-9-11-17(12-10-16)34-4-2/h5-12H,3-4,13-15H2,1-2H3,(H,28,32). The molecule has 0 aliphatic rings. The molecule has 3 aromatic rings. The summed E-state index contributed by atoms with van der Waals surface area (Å²) in [6.45, 7) is 3.93. The summed E-state index contributed by atoms with van der Waals surface area (Å²) in [5, 5.41) is 6.16. The number of aromatic nitrogens is 2. The highest BCUT2D eigenvalue weighted by atomic mass is 19.4. The fourth-order valence-electron chi connectivity index (χ4n) is 3.29. The van der Waals surface area contributed by atoms with E-state index in [4.69, 9.17) is 9.26 Å². The topological polar surface area (TPSA) is 97.6 Å². The third kappa shape index (κ3) is 7.05. The van der Waals surface area contributed by atoms with Gasteiger partial charge in [0.05, 0.1) is 24.4 Å². The Morgan fingerprint density at radius 3 is 2.46 bits per heavy atom. The summed E-state index contributed by atoms with van der Waals surface area (Å²) in [5.74, 6) is 0.239. The van der Waals surface area contributed by atoms with Crippen LogP contribution in [0.25, 0.3) is 11.4 Å². The number of anilines is 1. The van der Waals surface area contributed by atoms with Crippen LogP contribution in [-0.2, 0) is 22.2 Å². The Hall–Kier alpha value is -3.89. The highest BCUT2D eigenvalue weighted by molar-refractivity contribution is 5.95. The molecule has 0 unspecified atom stereocenters. The van der Waals surface area contributed by atoms with Gasteiger partial charge in [0.1, 0.15) is 5.75 Å². The smallest absolute Gasteiger partial charge is 0.418 e. The molecule has 0 spiro atoms. The van der Waals surface area contributed by atoms with E-state index in [0.717, 1.165) is 23.4 Å². The van der Waals surface area contributed by atoms with Crippen molar-refractivity contribution in [2.24, 2.45) is 0 Å². The van der Waals surface area contributed by atoms with Crippen molar-refractivity contribution in [2.75, 3.05) is 25.0 Å². The van der Waals surface area contributed by atoms with E-state index in [9.17, 15) is 22.8 Å². The molecule has 0 radical (unpaired) electrons. The number of hydrogen-bond donors (Lipinski definition) is 1. The van der Waals surface area contributed by atoms with Crippen LogP contribution in [0.2, 0.25) is 0 Å². The Labute approximate surface area is 200 Å². The lowest BCUT2D eigenvalue weighted by Crippen LogP contribution is -2.38. The van der Waals surface area contributed by atoms with Gasteiger partial charge in [0, 0.05) is 24.9 Å². The van der Waals surface area contributed by atoms with Crippen molar-refractivity contribution in [3.63, 3.8) is 0 Å². The molecule has 2 aromatic carbocycles. The number of benzene rings is 2. The number of aryl methyl sites for hydroxylation is 1. The van der Waals surface area contributed by atoms with Gasteiger partial charge in [-0.3, -0.25) is 9.59 Å². The van der Waals surface area contributed by atoms with Crippen LogP contribution >= 0.6 is 0 Å². The number of amides is 2. The van der Waals surface area contributed by atoms with Gasteiger partial charge in [-0.2, -0.15) is 18.2 Å². The quantitative estimate of drug-likeness (QED) is 0.447. The van der Waals surface area contributed by atoms with Crippen molar-refractivity contribution in [3.8, 4) is 17.1 Å². The first-order valence-electron chi connectivity index (χ1n) is 11.0. The van der Waals surface area contributed by atoms with Gasteiger partial charge in [0.15, 0.2) is 0 Å². The zero-order valence-corrected chi connectivity index (χ0v) is 19.3. The highest BCUT2D eigenvalue weighted by Crippen LogP contribution is 2.34. The van der Waals surface area contributed by atoms with E-state index in [2.05, 4.69) is 15.5 Å². The monoisotopic (exact) mass is 490 g/mol. The maximum absolute atomic E-state index is 13.1. The van der Waals surface area contributed by atoms with E-state index in [0.29, 0.717) is 12.4 Å². The van der Waals surface area contributed by atoms with Crippen LogP contribution in [0.5, 0.6) is 5.75 Å². The first kappa shape index (κ1) is 25.7. The molecule has 0 saturated carbocycles. The number of hydrogen-bond acceptors (Lipinski definition) is 6. The van der Waals surface area contributed by atoms with Crippen LogP contribution in [0.4, 0.5) is 18.9 Å². The van der Waals surface area contributed by atoms with Gasteiger partial charge in [-0.1, -0.05) is 17.3 Å². The molecular formula is C24H25F3N4O4. The zero-order valence-electron chi connectivity index (χ0n) is 19.3. The van der Waals surface area contributed by atoms with E-state index < -0.39 is 17.6 Å². The maximum Gasteiger partial charge on any atom is 0.418 e. The minimum atomic E-state index is -4.61. The molecule has 11 heteroatoms. The fraction of sp³-hybridized carbons (Fsp3) is 0.333. The number of nitrogens with one attached hydrogen (secondary N) is 1. The molecule has 3 rings (SSSR count). The normalized spacial score (nSPS) is 11.2. The number of ether oxygens (including phenoxy) is 1. The van der Waals surface area contributed by atoms with Crippen LogP contribution in [0.3, 0.4) is 0 Å². The molecule has 0 saturated heterocycles. The first-order valence-corrected chi connectivity index (χ1v) is 11.0. The number of halogens is 3. The molecule has 0 fully saturated rings. The van der Waals surface area contributed by atoms with Crippen molar-refractivity contribution in [2.45, 2.75) is 32.9 Å². The third-order valence-electron chi connectivity index (χ3n) is 5.02. The molecule has 1 aromatic heterocycles. The number of likely N-dealkylation sites (N-methyl/N-ethyl adjacent to an activating group) is 1. The summed E-state index contributed by atoms with van der Waals surface area (Å²) in [7, 11) is 0. The predicted octanol–water partition coefficient (Wildman–Crippen LogP) is 4.57. The molecule has 2 amide bonds. The minimum absolute atomic E-state index is 0.00876. The Kier molecular flexibility index (Phi) is 8.45. The van der Waals surface area contributed by atoms with Crippen molar-refractivity contribution >= 4 is 17.5 Å². The van der Waals surface area contributed by atoms with Crippen LogP contribution in [0.1, 0.15) is 31.7 Å². The second kappa shape index (κ2) is 11.5. The maximum atomic E-state index is 13.1. The summed E-state index contributed by atoms with van der Waals surface area (Å²) in [6.07, 6.45) is -4.47. The summed E-state index contributed by atoms with van der Waals surface area (Å²) in [5.41, 5.74) is -0.593. The van der Waals surface area contributed by atoms with Gasteiger partial charge in [-0.05, 0) is 50.2 Å². The number of nitrogens with zero attached hydrogens (tertiary/aromatic N) is 3. The second-order valence-corrected chi connectivity index (χ2v) is 7.47. The van der Waals surface area contributed by atoms with E-state index in [-0.39, 0.29) is 43.4 Å². The Balaban J connectivity index is 1.55. The molecule has 0 aliphatic heterocycles. The SMILES string of the molecule is CCOc1ccc(-c2noc(CCC(=O)N(CC)CC(=O)Nc3ccccc3C(F)(F)F)n2)cc1. The largest absolute Gasteiger partial charge is 0.494 e. The second-order valence-electron chi connectivity index (χ2n) is 7.47. The molecule has 8 nitrogen and oxygen atoms in total. The Morgan fingerprint density at radius 2 is 1.80 bits per heavy atom. The lowest BCUT2D eigenvalue weighted by molar-refractivity contribution is -0.137. The van der Waals surface area contributed by atoms with E-state index >= 15 is 0 Å². The van der Waals surface area contributed by atoms with E-state index in [1.165, 1.54) is 17.0 Å². The number of rotatable bonds is 10. The summed E-state index contributed by atoms with van der Waals surface area (Å²) in [4.78, 5) is 30.5. The Bertz CT molecular complexity index is 1150. The average molecular weight is 490 g/mol. The van der Waals surface area contributed by atoms with Crippen LogP contribution in [0, 0.1) is 0 Å². The van der Waals surface area contributed by atoms with Gasteiger partial charge in [0.25, 0.3) is 0 Å². The number of carbonyl (C=O) groups is 2. The van der Waals surface area contributed by atoms with Gasteiger partial charge >= 0.3 is 6.18 Å². The molecule has 1 N–H and O–H groups in total. The molecule has 1 heterocycles. The van der Waals surface area contributed by atoms with E-state index in [1.54, 1.807) is 31.2 Å². The summed E-state index contributed by atoms with van der Waals surface area (Å²) >= 11 is 0. The Morgan fingerprint density at radius 1 is 1.09 bits per heavy atom. The number of para-hydroxylation sites is 1. The third-order valence-corrected chi connectivity index (χ3v) is 5.02. The lowest BCUT2D eigenvalue weighted by atomic mass is 10.1. The zero-order chi connectivity index (χ0) is 25.4. The van der Waals surface area contributed by atoms with Crippen molar-refractivity contribution < 1.29 is 32.0 Å². The fourth-order valence-corrected chi connectivity index (χ4v) is 3.29. The molecule has 186 valence electrons. The van der Waals surface area contributed by atoms with Crippen molar-refractivity contribution in [1.29, 1.82) is 0 Å². The van der Waals surface area contributed by atoms with Crippen molar-refractivity contribution in [3.05, 3.63) is 60.0 Å². The molecule has 0 atom stereocenters. The molecular weight excluding hydrogens is 465 g/mol. The highest BCUT2D eigenvalue weighted by Gasteiger charge is 2.33. The molecule has 0 bridgehead atoms. The van der Waals surface area contributed by atoms with Crippen LogP contribution in [0.15, 0.2) is 53.1 Å².